The van der Waals surface area contributed by atoms with Crippen LogP contribution in [0.15, 0.2) is 60.7 Å². The van der Waals surface area contributed by atoms with E-state index in [1.54, 1.807) is 0 Å². The largest absolute Gasteiger partial charge is 0.469 e. The third-order valence-electron chi connectivity index (χ3n) is 6.60. The summed E-state index contributed by atoms with van der Waals surface area (Å²) in [7, 11) is 1.41. The van der Waals surface area contributed by atoms with Crippen molar-refractivity contribution >= 4 is 28.5 Å². The Morgan fingerprint density at radius 3 is 2.19 bits per heavy atom. The molecule has 186 valence electrons. The number of fused-ring (bicyclic) bond motifs is 1. The highest BCUT2D eigenvalue weighted by molar-refractivity contribution is 6.06. The molecule has 3 aromatic carbocycles. The molecule has 0 spiro atoms. The van der Waals surface area contributed by atoms with E-state index in [-0.39, 0.29) is 17.3 Å². The number of H-pyrrole nitrogens is 1. The maximum Gasteiger partial charge on any atom is 0.305 e. The molecule has 0 radical (unpaired) electrons. The van der Waals surface area contributed by atoms with Gasteiger partial charge in [-0.1, -0.05) is 51.1 Å². The summed E-state index contributed by atoms with van der Waals surface area (Å²) in [5.74, 6) is -0.342. The Bertz CT molecular complexity index is 1400. The van der Waals surface area contributed by atoms with Gasteiger partial charge in [0, 0.05) is 39.8 Å². The van der Waals surface area contributed by atoms with Gasteiger partial charge in [-0.25, -0.2) is 0 Å². The van der Waals surface area contributed by atoms with Gasteiger partial charge in [-0.05, 0) is 78.3 Å². The molecule has 0 unspecified atom stereocenters. The fourth-order valence-electron chi connectivity index (χ4n) is 4.63. The number of benzene rings is 3. The van der Waals surface area contributed by atoms with Crippen molar-refractivity contribution in [1.29, 1.82) is 0 Å². The number of carbonyl (C=O) groups excluding carboxylic acids is 2. The van der Waals surface area contributed by atoms with E-state index in [2.05, 4.69) is 75.3 Å². The maximum absolute atomic E-state index is 12.9. The second-order valence-corrected chi connectivity index (χ2v) is 10.4. The zero-order valence-electron chi connectivity index (χ0n) is 21.9. The lowest BCUT2D eigenvalue weighted by Crippen LogP contribution is -2.13. The normalized spacial score (nSPS) is 11.5. The van der Waals surface area contributed by atoms with Crippen LogP contribution in [0.5, 0.6) is 0 Å². The zero-order valence-corrected chi connectivity index (χ0v) is 21.9. The van der Waals surface area contributed by atoms with Gasteiger partial charge in [-0.3, -0.25) is 9.59 Å². The van der Waals surface area contributed by atoms with Crippen molar-refractivity contribution < 1.29 is 14.3 Å². The van der Waals surface area contributed by atoms with Crippen molar-refractivity contribution in [3.8, 4) is 11.3 Å². The molecule has 2 N–H and O–H groups in total. The van der Waals surface area contributed by atoms with E-state index in [1.165, 1.54) is 12.7 Å². The van der Waals surface area contributed by atoms with Crippen LogP contribution >= 0.6 is 0 Å². The minimum atomic E-state index is -0.202. The zero-order chi connectivity index (χ0) is 26.0. The van der Waals surface area contributed by atoms with Crippen LogP contribution < -0.4 is 5.32 Å². The molecule has 0 aliphatic heterocycles. The van der Waals surface area contributed by atoms with Crippen molar-refractivity contribution in [3.63, 3.8) is 0 Å². The van der Waals surface area contributed by atoms with Crippen molar-refractivity contribution in [2.45, 2.75) is 52.9 Å². The minimum absolute atomic E-state index is 0.0684. The summed E-state index contributed by atoms with van der Waals surface area (Å²) in [5, 5.41) is 4.05. The van der Waals surface area contributed by atoms with Crippen molar-refractivity contribution in [1.82, 2.24) is 4.98 Å². The average Bonchev–Trinajstić information content (AvgIpc) is 3.24. The smallest absolute Gasteiger partial charge is 0.305 e. The number of aromatic nitrogens is 1. The lowest BCUT2D eigenvalue weighted by atomic mass is 9.87. The molecule has 0 aliphatic carbocycles. The van der Waals surface area contributed by atoms with Gasteiger partial charge in [0.25, 0.3) is 5.91 Å². The number of rotatable bonds is 6. The van der Waals surface area contributed by atoms with E-state index in [9.17, 15) is 9.59 Å². The first kappa shape index (κ1) is 25.2. The Hall–Kier alpha value is -3.86. The second-order valence-electron chi connectivity index (χ2n) is 10.4. The summed E-state index contributed by atoms with van der Waals surface area (Å²) in [5.41, 5.74) is 9.12. The number of aryl methyl sites for hydroxylation is 3. The number of hydrogen-bond donors (Lipinski definition) is 2. The monoisotopic (exact) mass is 482 g/mol. The number of hydrogen-bond acceptors (Lipinski definition) is 3. The average molecular weight is 483 g/mol. The van der Waals surface area contributed by atoms with Gasteiger partial charge in [0.05, 0.1) is 7.11 Å². The van der Waals surface area contributed by atoms with Gasteiger partial charge in [0.15, 0.2) is 0 Å². The first-order valence-electron chi connectivity index (χ1n) is 12.3. The predicted molar refractivity (Wildman–Crippen MR) is 147 cm³/mol. The minimum Gasteiger partial charge on any atom is -0.469 e. The van der Waals surface area contributed by atoms with Crippen LogP contribution in [0.4, 0.5) is 5.69 Å². The molecule has 0 saturated heterocycles. The molecular formula is C31H34N2O3. The summed E-state index contributed by atoms with van der Waals surface area (Å²) in [6.07, 6.45) is 1.02. The predicted octanol–water partition coefficient (Wildman–Crippen LogP) is 7.11. The van der Waals surface area contributed by atoms with E-state index in [1.807, 2.05) is 30.3 Å². The van der Waals surface area contributed by atoms with Gasteiger partial charge in [0.1, 0.15) is 0 Å². The fourth-order valence-corrected chi connectivity index (χ4v) is 4.63. The number of methoxy groups -OCH3 is 1. The molecule has 0 atom stereocenters. The molecule has 1 aromatic heterocycles. The standard InChI is InChI=1S/C31H34N2O3/c1-19-15-21(7-14-28(34)36-6)16-20(2)29(19)27-17-22-8-9-23(18-26(22)33-27)30(35)32-25-12-10-24(11-13-25)31(3,4)5/h8-13,15-18,33H,7,14H2,1-6H3,(H,32,35). The number of carbonyl (C=O) groups is 2. The molecule has 4 aromatic rings. The van der Waals surface area contributed by atoms with Crippen LogP contribution in [0.3, 0.4) is 0 Å². The summed E-state index contributed by atoms with van der Waals surface area (Å²) >= 11 is 0. The number of anilines is 1. The van der Waals surface area contributed by atoms with Crippen LogP contribution in [0.25, 0.3) is 22.2 Å². The molecule has 0 aliphatic rings. The Morgan fingerprint density at radius 2 is 1.58 bits per heavy atom. The van der Waals surface area contributed by atoms with Crippen molar-refractivity contribution in [2.75, 3.05) is 12.4 Å². The summed E-state index contributed by atoms with van der Waals surface area (Å²) in [4.78, 5) is 28.0. The molecule has 0 saturated carbocycles. The SMILES string of the molecule is COC(=O)CCc1cc(C)c(-c2cc3ccc(C(=O)Nc4ccc(C(C)(C)C)cc4)cc3[nH]2)c(C)c1. The second kappa shape index (κ2) is 10.0. The third-order valence-corrected chi connectivity index (χ3v) is 6.60. The summed E-state index contributed by atoms with van der Waals surface area (Å²) in [6.45, 7) is 10.7. The van der Waals surface area contributed by atoms with Gasteiger partial charge in [-0.2, -0.15) is 0 Å². The molecule has 1 heterocycles. The quantitative estimate of drug-likeness (QED) is 0.288. The molecule has 1 amide bonds. The Kier molecular flexibility index (Phi) is 7.02. The Labute approximate surface area is 212 Å². The number of nitrogens with one attached hydrogen (secondary N) is 2. The molecule has 5 heteroatoms. The van der Waals surface area contributed by atoms with Crippen LogP contribution in [-0.2, 0) is 21.4 Å². The topological polar surface area (TPSA) is 71.2 Å². The lowest BCUT2D eigenvalue weighted by Gasteiger charge is -2.19. The highest BCUT2D eigenvalue weighted by Crippen LogP contribution is 2.31. The van der Waals surface area contributed by atoms with E-state index in [0.717, 1.165) is 44.5 Å². The summed E-state index contributed by atoms with van der Waals surface area (Å²) in [6, 6.07) is 20.1. The van der Waals surface area contributed by atoms with E-state index >= 15 is 0 Å². The summed E-state index contributed by atoms with van der Waals surface area (Å²) < 4.78 is 4.76. The highest BCUT2D eigenvalue weighted by Gasteiger charge is 2.15. The highest BCUT2D eigenvalue weighted by atomic mass is 16.5. The molecule has 0 bridgehead atoms. The molecular weight excluding hydrogens is 448 g/mol. The molecule has 4 rings (SSSR count). The van der Waals surface area contributed by atoms with E-state index in [4.69, 9.17) is 4.74 Å². The number of aromatic amines is 1. The maximum atomic E-state index is 12.9. The van der Waals surface area contributed by atoms with Gasteiger partial charge < -0.3 is 15.0 Å². The van der Waals surface area contributed by atoms with Crippen LogP contribution in [0.1, 0.15) is 59.8 Å². The third kappa shape index (κ3) is 5.51. The number of ether oxygens (including phenoxy) is 1. The van der Waals surface area contributed by atoms with Crippen molar-refractivity contribution in [2.24, 2.45) is 0 Å². The lowest BCUT2D eigenvalue weighted by molar-refractivity contribution is -0.140. The Balaban J connectivity index is 1.55. The first-order valence-corrected chi connectivity index (χ1v) is 12.3. The van der Waals surface area contributed by atoms with Crippen molar-refractivity contribution in [3.05, 3.63) is 88.5 Å². The van der Waals surface area contributed by atoms with Crippen LogP contribution in [-0.4, -0.2) is 24.0 Å². The van der Waals surface area contributed by atoms with Crippen LogP contribution in [0.2, 0.25) is 0 Å². The molecule has 5 nitrogen and oxygen atoms in total. The van der Waals surface area contributed by atoms with Crippen LogP contribution in [0, 0.1) is 13.8 Å². The Morgan fingerprint density at radius 1 is 0.917 bits per heavy atom. The van der Waals surface area contributed by atoms with Gasteiger partial charge >= 0.3 is 5.97 Å². The number of esters is 1. The van der Waals surface area contributed by atoms with E-state index < -0.39 is 0 Å². The van der Waals surface area contributed by atoms with Gasteiger partial charge in [-0.15, -0.1) is 0 Å². The van der Waals surface area contributed by atoms with Gasteiger partial charge in [0.2, 0.25) is 0 Å². The van der Waals surface area contributed by atoms with E-state index in [0.29, 0.717) is 18.4 Å². The number of amides is 1. The fraction of sp³-hybridized carbons (Fsp3) is 0.290. The molecule has 36 heavy (non-hydrogen) atoms. The molecule has 0 fully saturated rings. The first-order chi connectivity index (χ1) is 17.0.